The molecule has 0 aliphatic carbocycles. The van der Waals surface area contributed by atoms with E-state index in [1.165, 1.54) is 6.92 Å². The molecule has 4 amide bonds. The van der Waals surface area contributed by atoms with E-state index in [9.17, 15) is 29.1 Å². The third kappa shape index (κ3) is 9.77. The molecule has 0 aromatic heterocycles. The summed E-state index contributed by atoms with van der Waals surface area (Å²) in [5, 5.41) is 25.8. The van der Waals surface area contributed by atoms with Gasteiger partial charge in [0.1, 0.15) is 12.1 Å². The van der Waals surface area contributed by atoms with Gasteiger partial charge in [-0.2, -0.15) is 12.6 Å². The molecule has 0 radical (unpaired) electrons. The second-order valence-corrected chi connectivity index (χ2v) is 8.04. The molecule has 0 aliphatic heterocycles. The van der Waals surface area contributed by atoms with Gasteiger partial charge in [-0.3, -0.25) is 19.2 Å². The number of benzene rings is 1. The summed E-state index contributed by atoms with van der Waals surface area (Å²) < 4.78 is 0. The van der Waals surface area contributed by atoms with E-state index in [2.05, 4.69) is 28.6 Å². The second kappa shape index (κ2) is 14.2. The fourth-order valence-electron chi connectivity index (χ4n) is 2.88. The number of thiol groups is 1. The Balaban J connectivity index is 2.97. The Morgan fingerprint density at radius 2 is 1.53 bits per heavy atom. The number of carboxylic acid groups (broad SMARTS) is 1. The van der Waals surface area contributed by atoms with Crippen molar-refractivity contribution in [2.75, 3.05) is 5.75 Å². The van der Waals surface area contributed by atoms with Crippen LogP contribution in [0.15, 0.2) is 30.3 Å². The average Bonchev–Trinajstić information content (AvgIpc) is 2.78. The van der Waals surface area contributed by atoms with Crippen LogP contribution in [0, 0.1) is 0 Å². The topological polar surface area (TPSA) is 214 Å². The van der Waals surface area contributed by atoms with Crippen LogP contribution in [-0.2, 0) is 30.4 Å². The molecule has 5 unspecified atom stereocenters. The third-order valence-corrected chi connectivity index (χ3v) is 5.18. The quantitative estimate of drug-likeness (QED) is 0.130. The lowest BCUT2D eigenvalue weighted by Crippen LogP contribution is -2.59. The minimum absolute atomic E-state index is 0.0154. The van der Waals surface area contributed by atoms with Crippen molar-refractivity contribution < 1.29 is 34.2 Å². The summed E-state index contributed by atoms with van der Waals surface area (Å²) >= 11 is 4.04. The predicted octanol–water partition coefficient (Wildman–Crippen LogP) is -2.33. The van der Waals surface area contributed by atoms with Crippen molar-refractivity contribution in [3.05, 3.63) is 35.9 Å². The number of hydrogen-bond acceptors (Lipinski definition) is 8. The summed E-state index contributed by atoms with van der Waals surface area (Å²) in [6.45, 7) is 1.19. The van der Waals surface area contributed by atoms with Crippen LogP contribution in [0.2, 0.25) is 0 Å². The first kappa shape index (κ1) is 28.9. The van der Waals surface area contributed by atoms with Gasteiger partial charge in [-0.15, -0.1) is 0 Å². The summed E-state index contributed by atoms with van der Waals surface area (Å²) in [6, 6.07) is 3.67. The number of rotatable bonds is 14. The minimum Gasteiger partial charge on any atom is -0.480 e. The highest BCUT2D eigenvalue weighted by Crippen LogP contribution is 2.06. The van der Waals surface area contributed by atoms with Crippen molar-refractivity contribution in [3.8, 4) is 0 Å². The van der Waals surface area contributed by atoms with E-state index in [0.717, 1.165) is 0 Å². The fourth-order valence-corrected chi connectivity index (χ4v) is 3.13. The molecule has 0 heterocycles. The zero-order chi connectivity index (χ0) is 25.8. The van der Waals surface area contributed by atoms with Gasteiger partial charge >= 0.3 is 5.97 Å². The van der Waals surface area contributed by atoms with Crippen molar-refractivity contribution in [2.45, 2.75) is 56.5 Å². The maximum Gasteiger partial charge on any atom is 0.328 e. The molecular weight excluding hydrogens is 466 g/mol. The molecule has 9 N–H and O–H groups in total. The monoisotopic (exact) mass is 497 g/mol. The number of amides is 4. The van der Waals surface area contributed by atoms with Gasteiger partial charge < -0.3 is 37.6 Å². The maximum atomic E-state index is 13.0. The Morgan fingerprint density at radius 3 is 2.03 bits per heavy atom. The number of carboxylic acids is 1. The van der Waals surface area contributed by atoms with Crippen molar-refractivity contribution in [3.63, 3.8) is 0 Å². The standard InChI is InChI=1S/C21H31N5O7S/c1-11(27)17(21(32)33)26-20(31)15(10-34)25-19(30)14(9-12-5-3-2-4-6-12)24-18(29)13(22)7-8-16(23)28/h2-6,11,13-15,17,27,34H,7-10,22H2,1H3,(H2,23,28)(H,24,29)(H,25,30)(H,26,31)(H,32,33). The Morgan fingerprint density at radius 1 is 0.971 bits per heavy atom. The van der Waals surface area contributed by atoms with Crippen LogP contribution in [0.3, 0.4) is 0 Å². The smallest absolute Gasteiger partial charge is 0.328 e. The molecule has 5 atom stereocenters. The van der Waals surface area contributed by atoms with Crippen LogP contribution < -0.4 is 27.4 Å². The number of nitrogens with two attached hydrogens (primary N) is 2. The van der Waals surface area contributed by atoms with Crippen LogP contribution in [0.1, 0.15) is 25.3 Å². The first-order chi connectivity index (χ1) is 16.0. The van der Waals surface area contributed by atoms with E-state index in [1.54, 1.807) is 30.3 Å². The van der Waals surface area contributed by atoms with Gasteiger partial charge in [-0.05, 0) is 18.9 Å². The molecule has 0 spiro atoms. The normalized spacial score (nSPS) is 15.2. The van der Waals surface area contributed by atoms with Gasteiger partial charge in [0.25, 0.3) is 0 Å². The van der Waals surface area contributed by atoms with Crippen LogP contribution in [0.4, 0.5) is 0 Å². The van der Waals surface area contributed by atoms with E-state index in [-0.39, 0.29) is 25.0 Å². The zero-order valence-corrected chi connectivity index (χ0v) is 19.5. The molecule has 1 rings (SSSR count). The Bertz CT molecular complexity index is 868. The molecule has 1 aromatic carbocycles. The number of nitrogens with one attached hydrogen (secondary N) is 3. The Kier molecular flexibility index (Phi) is 12.0. The summed E-state index contributed by atoms with van der Waals surface area (Å²) in [5.41, 5.74) is 11.6. The maximum absolute atomic E-state index is 13.0. The largest absolute Gasteiger partial charge is 0.480 e. The number of carbonyl (C=O) groups excluding carboxylic acids is 4. The number of carbonyl (C=O) groups is 5. The number of aliphatic carboxylic acids is 1. The molecule has 1 aromatic rings. The van der Waals surface area contributed by atoms with Gasteiger partial charge in [-0.25, -0.2) is 4.79 Å². The molecule has 12 nitrogen and oxygen atoms in total. The first-order valence-corrected chi connectivity index (χ1v) is 11.1. The second-order valence-electron chi connectivity index (χ2n) is 7.67. The zero-order valence-electron chi connectivity index (χ0n) is 18.6. The van der Waals surface area contributed by atoms with Gasteiger partial charge in [0, 0.05) is 18.6 Å². The highest BCUT2D eigenvalue weighted by atomic mass is 32.1. The van der Waals surface area contributed by atoms with Crippen LogP contribution >= 0.6 is 12.6 Å². The van der Waals surface area contributed by atoms with Crippen LogP contribution in [-0.4, -0.2) is 75.8 Å². The third-order valence-electron chi connectivity index (χ3n) is 4.82. The molecular formula is C21H31N5O7S. The van der Waals surface area contributed by atoms with Crippen LogP contribution in [0.5, 0.6) is 0 Å². The molecule has 0 bridgehead atoms. The van der Waals surface area contributed by atoms with Crippen LogP contribution in [0.25, 0.3) is 0 Å². The minimum atomic E-state index is -1.59. The number of aliphatic hydroxyl groups excluding tert-OH is 1. The Hall–Kier alpha value is -3.16. The first-order valence-electron chi connectivity index (χ1n) is 10.5. The molecule has 0 aliphatic rings. The van der Waals surface area contributed by atoms with Crippen molar-refractivity contribution >= 4 is 42.2 Å². The number of aliphatic hydroxyl groups is 1. The lowest BCUT2D eigenvalue weighted by Gasteiger charge is -2.25. The molecule has 0 saturated carbocycles. The van der Waals surface area contributed by atoms with Gasteiger partial charge in [0.15, 0.2) is 6.04 Å². The highest BCUT2D eigenvalue weighted by Gasteiger charge is 2.31. The lowest BCUT2D eigenvalue weighted by atomic mass is 10.0. The number of hydrogen-bond donors (Lipinski definition) is 8. The van der Waals surface area contributed by atoms with Gasteiger partial charge in [0.05, 0.1) is 12.1 Å². The summed E-state index contributed by atoms with van der Waals surface area (Å²) in [5.74, 6) is -4.57. The van der Waals surface area contributed by atoms with Gasteiger partial charge in [0.2, 0.25) is 23.6 Å². The molecule has 13 heteroatoms. The Labute approximate surface area is 202 Å². The van der Waals surface area contributed by atoms with E-state index < -0.39 is 59.9 Å². The van der Waals surface area contributed by atoms with Crippen molar-refractivity contribution in [2.24, 2.45) is 11.5 Å². The van der Waals surface area contributed by atoms with E-state index in [1.807, 2.05) is 0 Å². The van der Waals surface area contributed by atoms with Crippen molar-refractivity contribution in [1.82, 2.24) is 16.0 Å². The average molecular weight is 498 g/mol. The van der Waals surface area contributed by atoms with E-state index in [4.69, 9.17) is 16.6 Å². The highest BCUT2D eigenvalue weighted by molar-refractivity contribution is 7.80. The predicted molar refractivity (Wildman–Crippen MR) is 126 cm³/mol. The lowest BCUT2D eigenvalue weighted by molar-refractivity contribution is -0.145. The van der Waals surface area contributed by atoms with E-state index in [0.29, 0.717) is 5.56 Å². The SMILES string of the molecule is CC(O)C(NC(=O)C(CS)NC(=O)C(Cc1ccccc1)NC(=O)C(N)CCC(N)=O)C(=O)O. The summed E-state index contributed by atoms with van der Waals surface area (Å²) in [7, 11) is 0. The number of primary amides is 1. The van der Waals surface area contributed by atoms with E-state index >= 15 is 0 Å². The molecule has 0 fully saturated rings. The fraction of sp³-hybridized carbons (Fsp3) is 0.476. The molecule has 0 saturated heterocycles. The molecule has 188 valence electrons. The summed E-state index contributed by atoms with van der Waals surface area (Å²) in [6.07, 6.45) is -1.45. The summed E-state index contributed by atoms with van der Waals surface area (Å²) in [4.78, 5) is 60.1. The van der Waals surface area contributed by atoms with Crippen molar-refractivity contribution in [1.29, 1.82) is 0 Å². The molecule has 34 heavy (non-hydrogen) atoms. The van der Waals surface area contributed by atoms with Gasteiger partial charge in [-0.1, -0.05) is 30.3 Å².